The highest BCUT2D eigenvalue weighted by atomic mass is 16.5. The Bertz CT molecular complexity index is 427. The number of likely N-dealkylation sites (N-methyl/N-ethyl adjacent to an activating group) is 1. The first kappa shape index (κ1) is 13.0. The number of esters is 1. The van der Waals surface area contributed by atoms with E-state index in [0.717, 1.165) is 0 Å². The van der Waals surface area contributed by atoms with Crippen molar-refractivity contribution in [2.75, 3.05) is 26.4 Å². The molecule has 1 heterocycles. The van der Waals surface area contributed by atoms with E-state index in [2.05, 4.69) is 9.72 Å². The smallest absolute Gasteiger partial charge is 0.360 e. The Morgan fingerprint density at radius 1 is 1.59 bits per heavy atom. The summed E-state index contributed by atoms with van der Waals surface area (Å²) in [7, 11) is 2.94. The van der Waals surface area contributed by atoms with Crippen LogP contribution in [0, 0.1) is 0 Å². The zero-order valence-corrected chi connectivity index (χ0v) is 10.1. The van der Waals surface area contributed by atoms with Crippen molar-refractivity contribution in [3.05, 3.63) is 12.0 Å². The van der Waals surface area contributed by atoms with Crippen molar-refractivity contribution < 1.29 is 14.3 Å². The average molecular weight is 240 g/mol. The number of anilines is 1. The van der Waals surface area contributed by atoms with Gasteiger partial charge >= 0.3 is 5.97 Å². The number of carbonyl (C=O) groups excluding carboxylic acids is 2. The van der Waals surface area contributed by atoms with Gasteiger partial charge < -0.3 is 19.9 Å². The second kappa shape index (κ2) is 5.33. The topological polar surface area (TPSA) is 90.5 Å². The van der Waals surface area contributed by atoms with Gasteiger partial charge in [-0.15, -0.1) is 0 Å². The Labute approximate surface area is 99.2 Å². The lowest BCUT2D eigenvalue weighted by Crippen LogP contribution is -2.30. The second-order valence-electron chi connectivity index (χ2n) is 3.51. The summed E-state index contributed by atoms with van der Waals surface area (Å²) in [6, 6.07) is 0. The molecule has 0 radical (unpaired) electrons. The molecule has 0 saturated heterocycles. The van der Waals surface area contributed by atoms with E-state index in [1.165, 1.54) is 18.0 Å². The molecule has 7 heteroatoms. The van der Waals surface area contributed by atoms with Gasteiger partial charge in [0.1, 0.15) is 12.4 Å². The van der Waals surface area contributed by atoms with E-state index >= 15 is 0 Å². The third-order valence-electron chi connectivity index (χ3n) is 2.46. The zero-order valence-electron chi connectivity index (χ0n) is 10.1. The fraction of sp³-hybridized carbons (Fsp3) is 0.500. The molecule has 0 saturated carbocycles. The van der Waals surface area contributed by atoms with E-state index in [9.17, 15) is 9.59 Å². The highest BCUT2D eigenvalue weighted by Crippen LogP contribution is 2.11. The minimum Gasteiger partial charge on any atom is -0.464 e. The molecule has 0 bridgehead atoms. The first-order chi connectivity index (χ1) is 8.01. The van der Waals surface area contributed by atoms with Crippen LogP contribution in [0.15, 0.2) is 6.33 Å². The number of aromatic nitrogens is 2. The maximum Gasteiger partial charge on any atom is 0.360 e. The monoisotopic (exact) mass is 240 g/mol. The van der Waals surface area contributed by atoms with Gasteiger partial charge in [-0.3, -0.25) is 4.79 Å². The molecule has 0 aliphatic heterocycles. The molecule has 94 valence electrons. The fourth-order valence-corrected chi connectivity index (χ4v) is 1.21. The summed E-state index contributed by atoms with van der Waals surface area (Å²) >= 11 is 0. The quantitative estimate of drug-likeness (QED) is 0.731. The molecule has 0 aromatic carbocycles. The third kappa shape index (κ3) is 2.74. The standard InChI is InChI=1S/C10H16N4O3/c1-4-13(2)7(15)5-14-6-12-8(9(14)11)10(16)17-3/h6H,4-5,11H2,1-3H3. The maximum absolute atomic E-state index is 11.6. The molecule has 0 unspecified atom stereocenters. The minimum absolute atomic E-state index is 0.0273. The number of carbonyl (C=O) groups is 2. The molecule has 0 spiro atoms. The predicted octanol–water partition coefficient (Wildman–Crippen LogP) is -0.270. The Hall–Kier alpha value is -2.05. The Morgan fingerprint density at radius 3 is 2.76 bits per heavy atom. The van der Waals surface area contributed by atoms with E-state index in [-0.39, 0.29) is 24.0 Å². The van der Waals surface area contributed by atoms with Crippen molar-refractivity contribution in [2.24, 2.45) is 0 Å². The molecule has 1 aromatic heterocycles. The van der Waals surface area contributed by atoms with Crippen LogP contribution in [0.3, 0.4) is 0 Å². The van der Waals surface area contributed by atoms with Gasteiger partial charge in [0.25, 0.3) is 0 Å². The molecule has 0 aliphatic rings. The molecule has 0 fully saturated rings. The number of nitrogen functional groups attached to an aromatic ring is 1. The highest BCUT2D eigenvalue weighted by molar-refractivity contribution is 5.92. The van der Waals surface area contributed by atoms with Gasteiger partial charge in [0, 0.05) is 13.6 Å². The summed E-state index contributed by atoms with van der Waals surface area (Å²) in [5.41, 5.74) is 5.73. The average Bonchev–Trinajstić information content (AvgIpc) is 2.69. The molecule has 2 N–H and O–H groups in total. The third-order valence-corrected chi connectivity index (χ3v) is 2.46. The van der Waals surface area contributed by atoms with Gasteiger partial charge in [0.2, 0.25) is 5.91 Å². The molecule has 0 aliphatic carbocycles. The minimum atomic E-state index is -0.613. The summed E-state index contributed by atoms with van der Waals surface area (Å²) < 4.78 is 5.93. The van der Waals surface area contributed by atoms with Crippen LogP contribution in [0.1, 0.15) is 17.4 Å². The number of rotatable bonds is 4. The van der Waals surface area contributed by atoms with Crippen LogP contribution in [-0.4, -0.2) is 47.0 Å². The van der Waals surface area contributed by atoms with Crippen LogP contribution in [0.2, 0.25) is 0 Å². The maximum atomic E-state index is 11.6. The van der Waals surface area contributed by atoms with Crippen molar-refractivity contribution in [3.63, 3.8) is 0 Å². The SMILES string of the molecule is CCN(C)C(=O)Cn1cnc(C(=O)OC)c1N. The molecular formula is C10H16N4O3. The normalized spacial score (nSPS) is 10.1. The summed E-state index contributed by atoms with van der Waals surface area (Å²) in [5.74, 6) is -0.583. The van der Waals surface area contributed by atoms with Crippen LogP contribution in [0.5, 0.6) is 0 Å². The van der Waals surface area contributed by atoms with Crippen molar-refractivity contribution in [2.45, 2.75) is 13.5 Å². The number of hydrogen-bond donors (Lipinski definition) is 1. The van der Waals surface area contributed by atoms with Gasteiger partial charge in [-0.05, 0) is 6.92 Å². The lowest BCUT2D eigenvalue weighted by molar-refractivity contribution is -0.130. The van der Waals surface area contributed by atoms with Gasteiger partial charge in [-0.25, -0.2) is 9.78 Å². The number of methoxy groups -OCH3 is 1. The number of hydrogen-bond acceptors (Lipinski definition) is 5. The largest absolute Gasteiger partial charge is 0.464 e. The van der Waals surface area contributed by atoms with Crippen molar-refractivity contribution in [1.29, 1.82) is 0 Å². The summed E-state index contributed by atoms with van der Waals surface area (Å²) in [5, 5.41) is 0. The second-order valence-corrected chi connectivity index (χ2v) is 3.51. The lowest BCUT2D eigenvalue weighted by atomic mass is 10.4. The van der Waals surface area contributed by atoms with E-state index in [1.807, 2.05) is 6.92 Å². The van der Waals surface area contributed by atoms with Crippen LogP contribution in [0.25, 0.3) is 0 Å². The van der Waals surface area contributed by atoms with Gasteiger partial charge in [-0.1, -0.05) is 0 Å². The van der Waals surface area contributed by atoms with E-state index < -0.39 is 5.97 Å². The molecule has 17 heavy (non-hydrogen) atoms. The zero-order chi connectivity index (χ0) is 13.0. The number of imidazole rings is 1. The molecule has 1 amide bonds. The summed E-state index contributed by atoms with van der Waals surface area (Å²) in [4.78, 5) is 28.3. The number of nitrogens with zero attached hydrogens (tertiary/aromatic N) is 3. The van der Waals surface area contributed by atoms with Crippen molar-refractivity contribution in [1.82, 2.24) is 14.5 Å². The van der Waals surface area contributed by atoms with Gasteiger partial charge in [0.15, 0.2) is 5.69 Å². The number of ether oxygens (including phenoxy) is 1. The Morgan fingerprint density at radius 2 is 2.24 bits per heavy atom. The molecule has 0 atom stereocenters. The number of nitrogens with two attached hydrogens (primary N) is 1. The van der Waals surface area contributed by atoms with Gasteiger partial charge in [-0.2, -0.15) is 0 Å². The van der Waals surface area contributed by atoms with Crippen LogP contribution in [-0.2, 0) is 16.1 Å². The van der Waals surface area contributed by atoms with E-state index in [4.69, 9.17) is 5.73 Å². The van der Waals surface area contributed by atoms with Crippen molar-refractivity contribution in [3.8, 4) is 0 Å². The lowest BCUT2D eigenvalue weighted by Gasteiger charge is -2.15. The highest BCUT2D eigenvalue weighted by Gasteiger charge is 2.18. The van der Waals surface area contributed by atoms with Crippen LogP contribution >= 0.6 is 0 Å². The predicted molar refractivity (Wildman–Crippen MR) is 61.3 cm³/mol. The van der Waals surface area contributed by atoms with Crippen LogP contribution in [0.4, 0.5) is 5.82 Å². The Kier molecular flexibility index (Phi) is 4.08. The van der Waals surface area contributed by atoms with Crippen molar-refractivity contribution >= 4 is 17.7 Å². The summed E-state index contributed by atoms with van der Waals surface area (Å²) in [6.45, 7) is 2.53. The first-order valence-electron chi connectivity index (χ1n) is 5.14. The van der Waals surface area contributed by atoms with Gasteiger partial charge in [0.05, 0.1) is 13.4 Å². The van der Waals surface area contributed by atoms with E-state index in [1.54, 1.807) is 11.9 Å². The fourth-order valence-electron chi connectivity index (χ4n) is 1.21. The molecular weight excluding hydrogens is 224 g/mol. The number of amides is 1. The molecule has 1 aromatic rings. The van der Waals surface area contributed by atoms with Crippen LogP contribution < -0.4 is 5.73 Å². The van der Waals surface area contributed by atoms with E-state index in [0.29, 0.717) is 6.54 Å². The first-order valence-corrected chi connectivity index (χ1v) is 5.14. The summed E-state index contributed by atoms with van der Waals surface area (Å²) in [6.07, 6.45) is 1.35. The molecule has 7 nitrogen and oxygen atoms in total. The Balaban J connectivity index is 2.84. The molecule has 1 rings (SSSR count).